The van der Waals surface area contributed by atoms with Gasteiger partial charge in [-0.1, -0.05) is 33.1 Å². The maximum atomic E-state index is 12.4. The fourth-order valence-electron chi connectivity index (χ4n) is 7.67. The average molecular weight is 630 g/mol. The van der Waals surface area contributed by atoms with E-state index in [-0.39, 0.29) is 28.6 Å². The van der Waals surface area contributed by atoms with Crippen molar-refractivity contribution >= 4 is 35.5 Å². The van der Waals surface area contributed by atoms with Gasteiger partial charge in [0.05, 0.1) is 24.9 Å². The van der Waals surface area contributed by atoms with E-state index in [9.17, 15) is 19.2 Å². The first kappa shape index (κ1) is 32.9. The molecule has 2 saturated carbocycles. The molecule has 0 radical (unpaired) electrons. The summed E-state index contributed by atoms with van der Waals surface area (Å²) >= 11 is 1.39. The highest BCUT2D eigenvalue weighted by Crippen LogP contribution is 2.54. The molecule has 3 amide bonds. The second-order valence-electron chi connectivity index (χ2n) is 14.4. The van der Waals surface area contributed by atoms with Crippen LogP contribution in [-0.4, -0.2) is 114 Å². The molecular weight excluding hydrogens is 578 g/mol. The minimum Gasteiger partial charge on any atom is -0.465 e. The predicted octanol–water partition coefficient (Wildman–Crippen LogP) is 3.92. The zero-order valence-electron chi connectivity index (χ0n) is 26.9. The van der Waals surface area contributed by atoms with E-state index in [1.54, 1.807) is 11.7 Å². The van der Waals surface area contributed by atoms with E-state index in [0.717, 1.165) is 77.9 Å². The summed E-state index contributed by atoms with van der Waals surface area (Å²) in [6, 6.07) is 0.297. The maximum absolute atomic E-state index is 12.4. The Bertz CT molecular complexity index is 1150. The first-order valence-electron chi connectivity index (χ1n) is 16.7. The Hall–Kier alpha value is -2.53. The molecular formula is C33H51N5O5S. The second kappa shape index (κ2) is 14.3. The van der Waals surface area contributed by atoms with Crippen molar-refractivity contribution in [3.63, 3.8) is 0 Å². The molecule has 44 heavy (non-hydrogen) atoms. The Balaban J connectivity index is 0.000000175. The molecule has 0 aromatic carbocycles. The monoisotopic (exact) mass is 629 g/mol. The molecule has 1 spiro atoms. The van der Waals surface area contributed by atoms with Gasteiger partial charge in [-0.05, 0) is 56.8 Å². The highest BCUT2D eigenvalue weighted by molar-refractivity contribution is 7.11. The van der Waals surface area contributed by atoms with Gasteiger partial charge in [0.1, 0.15) is 4.88 Å². The Morgan fingerprint density at radius 2 is 1.80 bits per heavy atom. The van der Waals surface area contributed by atoms with Gasteiger partial charge in [0, 0.05) is 63.2 Å². The largest absolute Gasteiger partial charge is 0.465 e. The van der Waals surface area contributed by atoms with Crippen LogP contribution in [0.25, 0.3) is 0 Å². The quantitative estimate of drug-likeness (QED) is 0.301. The van der Waals surface area contributed by atoms with Crippen molar-refractivity contribution in [2.45, 2.75) is 84.6 Å². The third-order valence-electron chi connectivity index (χ3n) is 10.5. The van der Waals surface area contributed by atoms with E-state index < -0.39 is 0 Å². The molecule has 2 atom stereocenters. The standard InChI is InChI=1S/C17H30N2O3.C16H21N3O2S/c1-2-22-17(21)13-19(11-15-7-4-3-5-8-15)16-9-6-10-18(12-16)14-20;1-15(2)5-11(15)13(20)19-8-16(9-19)3-4-18(7-16)14(21)12-6-17-10-22-12/h14-16H,2-13H2,1H3;6,10-11H,3-5,7-9H2,1-2H3. The fourth-order valence-corrected chi connectivity index (χ4v) is 8.25. The number of hydrogen-bond acceptors (Lipinski definition) is 8. The average Bonchev–Trinajstić information content (AvgIpc) is 3.40. The van der Waals surface area contributed by atoms with Gasteiger partial charge in [-0.15, -0.1) is 11.3 Å². The molecule has 11 heteroatoms. The topological polar surface area (TPSA) is 103 Å². The van der Waals surface area contributed by atoms with E-state index in [1.165, 1.54) is 43.4 Å². The van der Waals surface area contributed by atoms with Crippen LogP contribution in [0, 0.1) is 22.7 Å². The number of thiazole rings is 1. The molecule has 3 aliphatic heterocycles. The van der Waals surface area contributed by atoms with Crippen LogP contribution in [0.15, 0.2) is 11.7 Å². The van der Waals surface area contributed by atoms with Gasteiger partial charge in [0.2, 0.25) is 12.3 Å². The zero-order valence-corrected chi connectivity index (χ0v) is 27.7. The summed E-state index contributed by atoms with van der Waals surface area (Å²) in [6.45, 7) is 12.8. The number of hydrogen-bond donors (Lipinski definition) is 0. The summed E-state index contributed by atoms with van der Waals surface area (Å²) in [6.07, 6.45) is 13.2. The number of nitrogens with zero attached hydrogens (tertiary/aromatic N) is 5. The number of ether oxygens (including phenoxy) is 1. The highest BCUT2D eigenvalue weighted by atomic mass is 32.1. The molecule has 5 fully saturated rings. The van der Waals surface area contributed by atoms with Crippen LogP contribution in [0.2, 0.25) is 0 Å². The van der Waals surface area contributed by atoms with Gasteiger partial charge in [0.15, 0.2) is 0 Å². The third kappa shape index (κ3) is 8.00. The van der Waals surface area contributed by atoms with E-state index >= 15 is 0 Å². The first-order chi connectivity index (χ1) is 21.1. The minimum absolute atomic E-state index is 0.0903. The minimum atomic E-state index is -0.137. The van der Waals surface area contributed by atoms with E-state index in [4.69, 9.17) is 4.74 Å². The number of amides is 3. The normalized spacial score (nSPS) is 25.7. The maximum Gasteiger partial charge on any atom is 0.320 e. The Morgan fingerprint density at radius 1 is 1.07 bits per heavy atom. The van der Waals surface area contributed by atoms with Crippen LogP contribution in [0.3, 0.4) is 0 Å². The van der Waals surface area contributed by atoms with Crippen LogP contribution in [0.1, 0.15) is 88.2 Å². The van der Waals surface area contributed by atoms with Gasteiger partial charge >= 0.3 is 5.97 Å². The molecule has 1 aromatic rings. The third-order valence-corrected chi connectivity index (χ3v) is 11.3. The van der Waals surface area contributed by atoms with Crippen molar-refractivity contribution in [2.75, 3.05) is 59.0 Å². The molecule has 244 valence electrons. The second-order valence-corrected chi connectivity index (χ2v) is 15.3. The number of carbonyl (C=O) groups is 4. The van der Waals surface area contributed by atoms with Crippen LogP contribution in [-0.2, 0) is 19.1 Å². The van der Waals surface area contributed by atoms with Crippen molar-refractivity contribution in [3.8, 4) is 0 Å². The summed E-state index contributed by atoms with van der Waals surface area (Å²) in [5.74, 6) is 1.19. The molecule has 4 heterocycles. The zero-order chi connectivity index (χ0) is 31.3. The molecule has 10 nitrogen and oxygen atoms in total. The van der Waals surface area contributed by atoms with Crippen molar-refractivity contribution < 1.29 is 23.9 Å². The lowest BCUT2D eigenvalue weighted by molar-refractivity contribution is -0.146. The molecule has 3 saturated heterocycles. The van der Waals surface area contributed by atoms with Crippen molar-refractivity contribution in [2.24, 2.45) is 22.7 Å². The number of carbonyl (C=O) groups excluding carboxylic acids is 4. The molecule has 1 aromatic heterocycles. The van der Waals surface area contributed by atoms with Crippen molar-refractivity contribution in [1.82, 2.24) is 24.6 Å². The number of rotatable bonds is 9. The predicted molar refractivity (Wildman–Crippen MR) is 169 cm³/mol. The Morgan fingerprint density at radius 3 is 2.43 bits per heavy atom. The lowest BCUT2D eigenvalue weighted by atomic mass is 9.78. The summed E-state index contributed by atoms with van der Waals surface area (Å²) in [4.78, 5) is 60.5. The van der Waals surface area contributed by atoms with Crippen molar-refractivity contribution in [1.29, 1.82) is 0 Å². The van der Waals surface area contributed by atoms with Gasteiger partial charge in [-0.25, -0.2) is 0 Å². The Kier molecular flexibility index (Phi) is 10.7. The van der Waals surface area contributed by atoms with Gasteiger partial charge < -0.3 is 19.4 Å². The number of likely N-dealkylation sites (tertiary alicyclic amines) is 3. The number of piperidine rings is 1. The number of esters is 1. The Labute approximate surface area is 266 Å². The summed E-state index contributed by atoms with van der Waals surface area (Å²) in [7, 11) is 0. The fraction of sp³-hybridized carbons (Fsp3) is 0.788. The van der Waals surface area contributed by atoms with Gasteiger partial charge in [-0.3, -0.25) is 29.1 Å². The van der Waals surface area contributed by atoms with E-state index in [1.807, 2.05) is 21.6 Å². The van der Waals surface area contributed by atoms with E-state index in [2.05, 4.69) is 23.7 Å². The molecule has 6 rings (SSSR count). The molecule has 0 N–H and O–H groups in total. The molecule has 2 unspecified atom stereocenters. The van der Waals surface area contributed by atoms with Crippen LogP contribution in [0.4, 0.5) is 0 Å². The number of aromatic nitrogens is 1. The highest BCUT2D eigenvalue weighted by Gasteiger charge is 2.57. The van der Waals surface area contributed by atoms with Crippen LogP contribution in [0.5, 0.6) is 0 Å². The van der Waals surface area contributed by atoms with Crippen LogP contribution >= 0.6 is 11.3 Å². The first-order valence-corrected chi connectivity index (χ1v) is 17.6. The SMILES string of the molecule is CC1(C)CC1C(=O)N1CC2(CCN(C(=O)c3cncs3)C2)C1.CCOC(=O)CN(CC1CCCCC1)C1CCCN(C=O)C1. The lowest BCUT2D eigenvalue weighted by Gasteiger charge is -2.48. The molecule has 0 bridgehead atoms. The summed E-state index contributed by atoms with van der Waals surface area (Å²) in [5, 5.41) is 0. The molecule has 5 aliphatic rings. The van der Waals surface area contributed by atoms with Crippen molar-refractivity contribution in [3.05, 3.63) is 16.6 Å². The van der Waals surface area contributed by atoms with Crippen LogP contribution < -0.4 is 0 Å². The van der Waals surface area contributed by atoms with Gasteiger partial charge in [0.25, 0.3) is 5.91 Å². The lowest BCUT2D eigenvalue weighted by Crippen LogP contribution is -2.60. The molecule has 2 aliphatic carbocycles. The van der Waals surface area contributed by atoms with E-state index in [0.29, 0.717) is 35.9 Å². The smallest absolute Gasteiger partial charge is 0.320 e. The van der Waals surface area contributed by atoms with Gasteiger partial charge in [-0.2, -0.15) is 0 Å². The summed E-state index contributed by atoms with van der Waals surface area (Å²) in [5.41, 5.74) is 2.04. The summed E-state index contributed by atoms with van der Waals surface area (Å²) < 4.78 is 5.14.